The highest BCUT2D eigenvalue weighted by Crippen LogP contribution is 2.27. The van der Waals surface area contributed by atoms with Crippen LogP contribution in [0.3, 0.4) is 0 Å². The van der Waals surface area contributed by atoms with Crippen molar-refractivity contribution >= 4 is 34.7 Å². The number of nitrogens with zero attached hydrogens (tertiary/aromatic N) is 3. The van der Waals surface area contributed by atoms with Gasteiger partial charge in [0.15, 0.2) is 11.0 Å². The predicted molar refractivity (Wildman–Crippen MR) is 101 cm³/mol. The van der Waals surface area contributed by atoms with Crippen LogP contribution in [0.15, 0.2) is 46.9 Å². The van der Waals surface area contributed by atoms with Crippen molar-refractivity contribution in [1.82, 2.24) is 14.8 Å². The summed E-state index contributed by atoms with van der Waals surface area (Å²) in [5, 5.41) is 13.7. The second kappa shape index (κ2) is 8.96. The molecule has 0 spiro atoms. The lowest BCUT2D eigenvalue weighted by Gasteiger charge is -2.08. The molecule has 0 aliphatic heterocycles. The molecule has 3 aromatic rings. The molecule has 6 nitrogen and oxygen atoms in total. The fourth-order valence-electron chi connectivity index (χ4n) is 2.32. The van der Waals surface area contributed by atoms with E-state index in [1.165, 1.54) is 36.0 Å². The topological polar surface area (TPSA) is 69.0 Å². The van der Waals surface area contributed by atoms with E-state index >= 15 is 0 Å². The van der Waals surface area contributed by atoms with Crippen LogP contribution in [0.2, 0.25) is 0 Å². The highest BCUT2D eigenvalue weighted by molar-refractivity contribution is 7.99. The van der Waals surface area contributed by atoms with Gasteiger partial charge in [-0.15, -0.1) is 21.5 Å². The van der Waals surface area contributed by atoms with Crippen molar-refractivity contribution in [2.75, 3.05) is 11.1 Å². The van der Waals surface area contributed by atoms with Crippen LogP contribution in [0.1, 0.15) is 6.92 Å². The number of anilines is 1. The van der Waals surface area contributed by atoms with Crippen LogP contribution in [0.5, 0.6) is 5.75 Å². The molecule has 142 valence electrons. The van der Waals surface area contributed by atoms with Gasteiger partial charge < -0.3 is 14.6 Å². The van der Waals surface area contributed by atoms with Crippen molar-refractivity contribution < 1.29 is 18.3 Å². The summed E-state index contributed by atoms with van der Waals surface area (Å²) < 4.78 is 30.5. The molecule has 0 bridgehead atoms. The molecule has 0 atom stereocenters. The Hall–Kier alpha value is -2.46. The molecule has 1 amide bonds. The number of benzene rings is 1. The van der Waals surface area contributed by atoms with Gasteiger partial charge in [0.2, 0.25) is 5.91 Å². The van der Waals surface area contributed by atoms with E-state index in [4.69, 9.17) is 0 Å². The van der Waals surface area contributed by atoms with Gasteiger partial charge in [0.25, 0.3) is 0 Å². The lowest BCUT2D eigenvalue weighted by Crippen LogP contribution is -2.14. The fourth-order valence-corrected chi connectivity index (χ4v) is 3.84. The Bertz CT molecular complexity index is 883. The third-order valence-electron chi connectivity index (χ3n) is 3.47. The molecule has 0 aliphatic rings. The predicted octanol–water partition coefficient (Wildman–Crippen LogP) is 4.36. The van der Waals surface area contributed by atoms with Crippen LogP contribution >= 0.6 is 23.1 Å². The largest absolute Gasteiger partial charge is 0.435 e. The Morgan fingerprint density at radius 1 is 1.30 bits per heavy atom. The van der Waals surface area contributed by atoms with E-state index in [0.29, 0.717) is 17.4 Å². The molecule has 0 aliphatic carbocycles. The third kappa shape index (κ3) is 5.04. The number of ether oxygens (including phenoxy) is 1. The van der Waals surface area contributed by atoms with Gasteiger partial charge in [-0.3, -0.25) is 4.79 Å². The van der Waals surface area contributed by atoms with E-state index in [0.717, 1.165) is 10.7 Å². The number of rotatable bonds is 8. The molecule has 1 N–H and O–H groups in total. The lowest BCUT2D eigenvalue weighted by atomic mass is 10.3. The van der Waals surface area contributed by atoms with Crippen LogP contribution < -0.4 is 10.1 Å². The van der Waals surface area contributed by atoms with Gasteiger partial charge in [0.1, 0.15) is 5.75 Å². The number of amides is 1. The minimum absolute atomic E-state index is 0.0366. The van der Waals surface area contributed by atoms with Gasteiger partial charge >= 0.3 is 6.61 Å². The SMILES string of the molecule is CCn1c(SCC(=O)Nc2ccc(OC(F)F)cc2)nnc1-c1cccs1. The molecule has 0 saturated carbocycles. The first-order valence-electron chi connectivity index (χ1n) is 8.01. The molecule has 2 aromatic heterocycles. The van der Waals surface area contributed by atoms with E-state index in [2.05, 4.69) is 20.3 Å². The number of carbonyl (C=O) groups is 1. The molecule has 3 rings (SSSR count). The second-order valence-electron chi connectivity index (χ2n) is 5.27. The maximum atomic E-state index is 12.1. The zero-order chi connectivity index (χ0) is 19.2. The average molecular weight is 410 g/mol. The summed E-state index contributed by atoms with van der Waals surface area (Å²) in [5.41, 5.74) is 0.499. The molecular weight excluding hydrogens is 394 g/mol. The van der Waals surface area contributed by atoms with Gasteiger partial charge in [0, 0.05) is 12.2 Å². The first-order chi connectivity index (χ1) is 13.1. The Morgan fingerprint density at radius 2 is 2.07 bits per heavy atom. The number of hydrogen-bond donors (Lipinski definition) is 1. The Labute approximate surface area is 162 Å². The highest BCUT2D eigenvalue weighted by atomic mass is 32.2. The van der Waals surface area contributed by atoms with Crippen LogP contribution in [0.25, 0.3) is 10.7 Å². The van der Waals surface area contributed by atoms with Crippen molar-refractivity contribution in [2.24, 2.45) is 0 Å². The van der Waals surface area contributed by atoms with E-state index in [1.807, 2.05) is 29.0 Å². The zero-order valence-corrected chi connectivity index (χ0v) is 15.9. The standard InChI is InChI=1S/C17H16F2N4O2S2/c1-2-23-15(13-4-3-9-26-13)21-22-17(23)27-10-14(24)20-11-5-7-12(8-6-11)25-16(18)19/h3-9,16H,2,10H2,1H3,(H,20,24). The second-order valence-corrected chi connectivity index (χ2v) is 7.16. The molecule has 0 radical (unpaired) electrons. The van der Waals surface area contributed by atoms with E-state index < -0.39 is 6.61 Å². The van der Waals surface area contributed by atoms with Crippen molar-refractivity contribution in [3.05, 3.63) is 41.8 Å². The van der Waals surface area contributed by atoms with Crippen LogP contribution in [-0.4, -0.2) is 33.0 Å². The van der Waals surface area contributed by atoms with Crippen molar-refractivity contribution in [2.45, 2.75) is 25.2 Å². The summed E-state index contributed by atoms with van der Waals surface area (Å²) >= 11 is 2.87. The average Bonchev–Trinajstić information content (AvgIpc) is 3.30. The van der Waals surface area contributed by atoms with E-state index in [1.54, 1.807) is 11.3 Å². The summed E-state index contributed by atoms with van der Waals surface area (Å²) in [6.45, 7) is -0.194. The number of thioether (sulfide) groups is 1. The van der Waals surface area contributed by atoms with E-state index in [9.17, 15) is 13.6 Å². The summed E-state index contributed by atoms with van der Waals surface area (Å²) in [6.07, 6.45) is 0. The first kappa shape index (κ1) is 19.3. The molecule has 0 fully saturated rings. The molecule has 10 heteroatoms. The highest BCUT2D eigenvalue weighted by Gasteiger charge is 2.15. The number of carbonyl (C=O) groups excluding carboxylic acids is 1. The molecular formula is C17H16F2N4O2S2. The maximum absolute atomic E-state index is 12.1. The third-order valence-corrected chi connectivity index (χ3v) is 5.30. The number of thiophene rings is 1. The van der Waals surface area contributed by atoms with Crippen LogP contribution in [0, 0.1) is 0 Å². The Kier molecular flexibility index (Phi) is 6.40. The van der Waals surface area contributed by atoms with Crippen LogP contribution in [-0.2, 0) is 11.3 Å². The summed E-state index contributed by atoms with van der Waals surface area (Å²) in [7, 11) is 0. The lowest BCUT2D eigenvalue weighted by molar-refractivity contribution is -0.113. The van der Waals surface area contributed by atoms with Gasteiger partial charge in [-0.25, -0.2) is 0 Å². The molecule has 0 saturated heterocycles. The fraction of sp³-hybridized carbons (Fsp3) is 0.235. The van der Waals surface area contributed by atoms with Gasteiger partial charge in [-0.1, -0.05) is 17.8 Å². The van der Waals surface area contributed by atoms with Gasteiger partial charge in [-0.2, -0.15) is 8.78 Å². The monoisotopic (exact) mass is 410 g/mol. The van der Waals surface area contributed by atoms with Gasteiger partial charge in [0.05, 0.1) is 10.6 Å². The Morgan fingerprint density at radius 3 is 2.70 bits per heavy atom. The summed E-state index contributed by atoms with van der Waals surface area (Å²) in [4.78, 5) is 13.2. The smallest absolute Gasteiger partial charge is 0.387 e. The maximum Gasteiger partial charge on any atom is 0.387 e. The minimum atomic E-state index is -2.88. The molecule has 2 heterocycles. The van der Waals surface area contributed by atoms with Crippen molar-refractivity contribution in [1.29, 1.82) is 0 Å². The van der Waals surface area contributed by atoms with Gasteiger partial charge in [-0.05, 0) is 42.6 Å². The van der Waals surface area contributed by atoms with Crippen LogP contribution in [0.4, 0.5) is 14.5 Å². The quantitative estimate of drug-likeness (QED) is 0.559. The number of halogens is 2. The number of alkyl halides is 2. The number of nitrogens with one attached hydrogen (secondary N) is 1. The number of hydrogen-bond acceptors (Lipinski definition) is 6. The molecule has 0 unspecified atom stereocenters. The van der Waals surface area contributed by atoms with Crippen molar-refractivity contribution in [3.63, 3.8) is 0 Å². The molecule has 1 aromatic carbocycles. The zero-order valence-electron chi connectivity index (χ0n) is 14.3. The Balaban J connectivity index is 1.58. The normalized spacial score (nSPS) is 11.0. The minimum Gasteiger partial charge on any atom is -0.435 e. The number of aromatic nitrogens is 3. The molecule has 27 heavy (non-hydrogen) atoms. The summed E-state index contributed by atoms with van der Waals surface area (Å²) in [6, 6.07) is 9.68. The van der Waals surface area contributed by atoms with E-state index in [-0.39, 0.29) is 17.4 Å². The first-order valence-corrected chi connectivity index (χ1v) is 9.88. The summed E-state index contributed by atoms with van der Waals surface area (Å²) in [5.74, 6) is 0.739. The van der Waals surface area contributed by atoms with Crippen molar-refractivity contribution in [3.8, 4) is 16.5 Å².